The second kappa shape index (κ2) is 7.01. The van der Waals surface area contributed by atoms with E-state index in [2.05, 4.69) is 10.3 Å². The standard InChI is InChI=1S/C22H20N4O3/c1-4-13-12-23-19-17(21(28)26(3)22(29)25(19)2)18(13)24-20(27)16-11-7-9-14-8-5-6-10-15(14)16/h5-12H,4H2,1-3H3,(H,23,24,27). The Kier molecular flexibility index (Phi) is 4.50. The van der Waals surface area contributed by atoms with E-state index in [0.29, 0.717) is 17.7 Å². The zero-order valence-electron chi connectivity index (χ0n) is 16.4. The number of carbonyl (C=O) groups is 1. The summed E-state index contributed by atoms with van der Waals surface area (Å²) in [6.45, 7) is 1.92. The van der Waals surface area contributed by atoms with Crippen LogP contribution in [0.3, 0.4) is 0 Å². The number of pyridine rings is 1. The molecule has 0 saturated heterocycles. The first-order valence-electron chi connectivity index (χ1n) is 9.30. The van der Waals surface area contributed by atoms with Gasteiger partial charge in [-0.05, 0) is 28.8 Å². The summed E-state index contributed by atoms with van der Waals surface area (Å²) in [5, 5.41) is 4.92. The highest BCUT2D eigenvalue weighted by Gasteiger charge is 2.19. The van der Waals surface area contributed by atoms with Gasteiger partial charge in [-0.2, -0.15) is 0 Å². The monoisotopic (exact) mass is 388 g/mol. The van der Waals surface area contributed by atoms with Gasteiger partial charge < -0.3 is 5.32 Å². The fourth-order valence-electron chi connectivity index (χ4n) is 3.58. The molecular weight excluding hydrogens is 368 g/mol. The molecule has 1 amide bonds. The largest absolute Gasteiger partial charge is 0.332 e. The van der Waals surface area contributed by atoms with Crippen LogP contribution >= 0.6 is 0 Å². The van der Waals surface area contributed by atoms with Gasteiger partial charge in [-0.3, -0.25) is 18.7 Å². The number of aryl methyl sites for hydroxylation is 2. The highest BCUT2D eigenvalue weighted by atomic mass is 16.2. The molecule has 0 unspecified atom stereocenters. The Hall–Kier alpha value is -3.74. The van der Waals surface area contributed by atoms with Crippen molar-refractivity contribution in [3.05, 3.63) is 80.6 Å². The van der Waals surface area contributed by atoms with Crippen molar-refractivity contribution in [3.8, 4) is 0 Å². The molecular formula is C22H20N4O3. The second-order valence-electron chi connectivity index (χ2n) is 6.90. The van der Waals surface area contributed by atoms with Gasteiger partial charge in [0.2, 0.25) is 0 Å². The fourth-order valence-corrected chi connectivity index (χ4v) is 3.58. The molecule has 1 N–H and O–H groups in total. The molecule has 7 nitrogen and oxygen atoms in total. The van der Waals surface area contributed by atoms with Crippen LogP contribution in [-0.2, 0) is 20.5 Å². The summed E-state index contributed by atoms with van der Waals surface area (Å²) in [6, 6.07) is 13.1. The number of rotatable bonds is 3. The molecule has 2 aromatic heterocycles. The number of carbonyl (C=O) groups excluding carboxylic acids is 1. The van der Waals surface area contributed by atoms with Crippen LogP contribution in [0, 0.1) is 0 Å². The normalized spacial score (nSPS) is 11.1. The highest BCUT2D eigenvalue weighted by Crippen LogP contribution is 2.25. The van der Waals surface area contributed by atoms with Crippen molar-refractivity contribution >= 4 is 33.4 Å². The number of anilines is 1. The molecule has 0 radical (unpaired) electrons. The first kappa shape index (κ1) is 18.6. The van der Waals surface area contributed by atoms with Crippen LogP contribution in [-0.4, -0.2) is 20.0 Å². The molecule has 0 aliphatic heterocycles. The van der Waals surface area contributed by atoms with Crippen molar-refractivity contribution in [2.75, 3.05) is 5.32 Å². The molecule has 29 heavy (non-hydrogen) atoms. The van der Waals surface area contributed by atoms with Crippen LogP contribution in [0.5, 0.6) is 0 Å². The molecule has 0 saturated carbocycles. The molecule has 4 rings (SSSR count). The smallest absolute Gasteiger partial charge is 0.321 e. The average Bonchev–Trinajstić information content (AvgIpc) is 2.75. The molecule has 7 heteroatoms. The molecule has 0 aliphatic rings. The Morgan fingerprint density at radius 3 is 2.52 bits per heavy atom. The first-order valence-corrected chi connectivity index (χ1v) is 9.30. The van der Waals surface area contributed by atoms with E-state index < -0.39 is 11.2 Å². The first-order chi connectivity index (χ1) is 13.9. The van der Waals surface area contributed by atoms with E-state index in [1.54, 1.807) is 19.3 Å². The summed E-state index contributed by atoms with van der Waals surface area (Å²) in [5.41, 5.74) is 0.915. The lowest BCUT2D eigenvalue weighted by Crippen LogP contribution is -2.38. The highest BCUT2D eigenvalue weighted by molar-refractivity contribution is 6.15. The average molecular weight is 388 g/mol. The predicted octanol–water partition coefficient (Wildman–Crippen LogP) is 2.60. The summed E-state index contributed by atoms with van der Waals surface area (Å²) in [7, 11) is 2.97. The van der Waals surface area contributed by atoms with Gasteiger partial charge in [0.25, 0.3) is 11.5 Å². The third-order valence-electron chi connectivity index (χ3n) is 5.20. The van der Waals surface area contributed by atoms with Gasteiger partial charge in [-0.1, -0.05) is 43.3 Å². The molecule has 0 aliphatic carbocycles. The van der Waals surface area contributed by atoms with Crippen LogP contribution in [0.2, 0.25) is 0 Å². The Bertz CT molecular complexity index is 1390. The number of fused-ring (bicyclic) bond motifs is 2. The van der Waals surface area contributed by atoms with Crippen molar-refractivity contribution in [2.24, 2.45) is 14.1 Å². The Morgan fingerprint density at radius 1 is 1.03 bits per heavy atom. The quantitative estimate of drug-likeness (QED) is 0.585. The zero-order chi connectivity index (χ0) is 20.7. The fraction of sp³-hybridized carbons (Fsp3) is 0.182. The van der Waals surface area contributed by atoms with Gasteiger partial charge in [0, 0.05) is 25.9 Å². The molecule has 0 fully saturated rings. The molecule has 146 valence electrons. The van der Waals surface area contributed by atoms with E-state index in [4.69, 9.17) is 0 Å². The Labute approximate surface area is 166 Å². The van der Waals surface area contributed by atoms with Gasteiger partial charge in [-0.15, -0.1) is 0 Å². The minimum atomic E-state index is -0.487. The van der Waals surface area contributed by atoms with Crippen LogP contribution in [0.15, 0.2) is 58.3 Å². The second-order valence-corrected chi connectivity index (χ2v) is 6.90. The maximum atomic E-state index is 13.2. The van der Waals surface area contributed by atoms with Crippen molar-refractivity contribution < 1.29 is 4.79 Å². The molecule has 0 spiro atoms. The Morgan fingerprint density at radius 2 is 1.76 bits per heavy atom. The number of hydrogen-bond donors (Lipinski definition) is 1. The lowest BCUT2D eigenvalue weighted by molar-refractivity contribution is 0.102. The summed E-state index contributed by atoms with van der Waals surface area (Å²) in [6.07, 6.45) is 2.17. The van der Waals surface area contributed by atoms with Crippen molar-refractivity contribution in [2.45, 2.75) is 13.3 Å². The van der Waals surface area contributed by atoms with Gasteiger partial charge in [0.1, 0.15) is 5.39 Å². The maximum Gasteiger partial charge on any atom is 0.332 e. The summed E-state index contributed by atoms with van der Waals surface area (Å²) in [4.78, 5) is 42.6. The molecule has 4 aromatic rings. The lowest BCUT2D eigenvalue weighted by Gasteiger charge is -2.15. The Balaban J connectivity index is 1.95. The summed E-state index contributed by atoms with van der Waals surface area (Å²) in [5.74, 6) is -0.320. The minimum absolute atomic E-state index is 0.225. The third kappa shape index (κ3) is 2.91. The van der Waals surface area contributed by atoms with Gasteiger partial charge in [0.05, 0.1) is 5.69 Å². The third-order valence-corrected chi connectivity index (χ3v) is 5.20. The molecule has 0 bridgehead atoms. The topological polar surface area (TPSA) is 86.0 Å². The number of aromatic nitrogens is 3. The molecule has 0 atom stereocenters. The summed E-state index contributed by atoms with van der Waals surface area (Å²) < 4.78 is 2.33. The number of hydrogen-bond acceptors (Lipinski definition) is 4. The lowest BCUT2D eigenvalue weighted by atomic mass is 10.0. The van der Waals surface area contributed by atoms with E-state index in [1.807, 2.05) is 43.3 Å². The van der Waals surface area contributed by atoms with Crippen LogP contribution in [0.4, 0.5) is 5.69 Å². The maximum absolute atomic E-state index is 13.2. The molecule has 2 heterocycles. The van der Waals surface area contributed by atoms with Gasteiger partial charge in [-0.25, -0.2) is 9.78 Å². The number of amides is 1. The van der Waals surface area contributed by atoms with Crippen LogP contribution < -0.4 is 16.6 Å². The SMILES string of the molecule is CCc1cnc2c(c1NC(=O)c1cccc3ccccc13)c(=O)n(C)c(=O)n2C. The van der Waals surface area contributed by atoms with Crippen molar-refractivity contribution in [1.82, 2.24) is 14.1 Å². The number of nitrogens with one attached hydrogen (secondary N) is 1. The van der Waals surface area contributed by atoms with Crippen molar-refractivity contribution in [1.29, 1.82) is 0 Å². The molecule has 2 aromatic carbocycles. The van der Waals surface area contributed by atoms with E-state index >= 15 is 0 Å². The van der Waals surface area contributed by atoms with Gasteiger partial charge in [0.15, 0.2) is 5.65 Å². The number of benzene rings is 2. The van der Waals surface area contributed by atoms with Crippen molar-refractivity contribution in [3.63, 3.8) is 0 Å². The summed E-state index contributed by atoms with van der Waals surface area (Å²) >= 11 is 0. The van der Waals surface area contributed by atoms with E-state index in [0.717, 1.165) is 20.9 Å². The predicted molar refractivity (Wildman–Crippen MR) is 114 cm³/mol. The zero-order valence-corrected chi connectivity index (χ0v) is 16.4. The van der Waals surface area contributed by atoms with Gasteiger partial charge >= 0.3 is 5.69 Å². The van der Waals surface area contributed by atoms with E-state index in [-0.39, 0.29) is 16.9 Å². The van der Waals surface area contributed by atoms with Crippen LogP contribution in [0.25, 0.3) is 21.8 Å². The van der Waals surface area contributed by atoms with E-state index in [1.165, 1.54) is 11.6 Å². The number of nitrogens with zero attached hydrogens (tertiary/aromatic N) is 3. The minimum Gasteiger partial charge on any atom is -0.321 e. The van der Waals surface area contributed by atoms with E-state index in [9.17, 15) is 14.4 Å². The van der Waals surface area contributed by atoms with Crippen LogP contribution in [0.1, 0.15) is 22.8 Å².